The molecule has 7 nitrogen and oxygen atoms in total. The molecule has 31 heavy (non-hydrogen) atoms. The molecule has 0 spiro atoms. The summed E-state index contributed by atoms with van der Waals surface area (Å²) in [5, 5.41) is 2.66. The highest BCUT2D eigenvalue weighted by Gasteiger charge is 2.27. The first-order chi connectivity index (χ1) is 14.8. The number of hydrogen-bond donors (Lipinski definition) is 1. The van der Waals surface area contributed by atoms with Crippen LogP contribution in [0.15, 0.2) is 77.7 Å². The molecule has 1 amide bonds. The summed E-state index contributed by atoms with van der Waals surface area (Å²) in [6, 6.07) is 17.4. The van der Waals surface area contributed by atoms with Gasteiger partial charge in [0, 0.05) is 11.8 Å². The van der Waals surface area contributed by atoms with E-state index >= 15 is 0 Å². The van der Waals surface area contributed by atoms with Crippen LogP contribution in [0.3, 0.4) is 0 Å². The van der Waals surface area contributed by atoms with E-state index in [4.69, 9.17) is 9.47 Å². The van der Waals surface area contributed by atoms with Crippen LogP contribution in [-0.2, 0) is 14.8 Å². The minimum absolute atomic E-state index is 0.128. The number of carbonyl (C=O) groups is 1. The van der Waals surface area contributed by atoms with Crippen molar-refractivity contribution >= 4 is 27.3 Å². The summed E-state index contributed by atoms with van der Waals surface area (Å²) < 4.78 is 51.0. The molecule has 0 heterocycles. The number of para-hydroxylation sites is 1. The van der Waals surface area contributed by atoms with Crippen LogP contribution in [0.2, 0.25) is 0 Å². The summed E-state index contributed by atoms with van der Waals surface area (Å²) >= 11 is 0. The Labute approximate surface area is 180 Å². The molecule has 0 saturated heterocycles. The number of nitrogens with one attached hydrogen (secondary N) is 1. The van der Waals surface area contributed by atoms with Crippen LogP contribution in [0.25, 0.3) is 0 Å². The highest BCUT2D eigenvalue weighted by molar-refractivity contribution is 7.92. The Balaban J connectivity index is 1.89. The number of methoxy groups -OCH3 is 2. The largest absolute Gasteiger partial charge is 0.493 e. The van der Waals surface area contributed by atoms with Crippen LogP contribution in [0.5, 0.6) is 11.5 Å². The summed E-state index contributed by atoms with van der Waals surface area (Å²) in [4.78, 5) is 12.6. The van der Waals surface area contributed by atoms with Crippen molar-refractivity contribution in [1.82, 2.24) is 0 Å². The molecule has 0 atom stereocenters. The van der Waals surface area contributed by atoms with Gasteiger partial charge in [0.05, 0.1) is 24.8 Å². The van der Waals surface area contributed by atoms with Crippen molar-refractivity contribution in [3.63, 3.8) is 0 Å². The van der Waals surface area contributed by atoms with Gasteiger partial charge in [0.1, 0.15) is 12.4 Å². The molecule has 0 aliphatic heterocycles. The number of carbonyl (C=O) groups excluding carboxylic acids is 1. The Morgan fingerprint density at radius 1 is 0.935 bits per heavy atom. The Morgan fingerprint density at radius 2 is 1.58 bits per heavy atom. The zero-order chi connectivity index (χ0) is 22.4. The van der Waals surface area contributed by atoms with Gasteiger partial charge in [-0.15, -0.1) is 0 Å². The number of benzene rings is 3. The number of ether oxygens (including phenoxy) is 2. The maximum absolute atomic E-state index is 13.3. The fourth-order valence-corrected chi connectivity index (χ4v) is 4.31. The lowest BCUT2D eigenvalue weighted by Gasteiger charge is -2.24. The number of anilines is 2. The van der Waals surface area contributed by atoms with Crippen molar-refractivity contribution in [2.24, 2.45) is 0 Å². The van der Waals surface area contributed by atoms with Gasteiger partial charge in [0.2, 0.25) is 5.91 Å². The number of nitrogens with zero attached hydrogens (tertiary/aromatic N) is 1. The number of sulfonamides is 1. The Bertz CT molecular complexity index is 1150. The number of rotatable bonds is 8. The van der Waals surface area contributed by atoms with Crippen molar-refractivity contribution in [2.75, 3.05) is 30.4 Å². The maximum atomic E-state index is 13.3. The van der Waals surface area contributed by atoms with E-state index in [-0.39, 0.29) is 4.90 Å². The van der Waals surface area contributed by atoms with Crippen molar-refractivity contribution in [1.29, 1.82) is 0 Å². The number of hydrogen-bond acceptors (Lipinski definition) is 5. The minimum Gasteiger partial charge on any atom is -0.493 e. The van der Waals surface area contributed by atoms with Gasteiger partial charge in [-0.25, -0.2) is 12.8 Å². The monoisotopic (exact) mass is 444 g/mol. The molecular weight excluding hydrogens is 423 g/mol. The van der Waals surface area contributed by atoms with Crippen LogP contribution in [-0.4, -0.2) is 35.1 Å². The van der Waals surface area contributed by atoms with Gasteiger partial charge in [0.25, 0.3) is 10.0 Å². The second kappa shape index (κ2) is 9.48. The highest BCUT2D eigenvalue weighted by atomic mass is 32.2. The molecular formula is C22H21FN2O5S. The third-order valence-electron chi connectivity index (χ3n) is 4.40. The molecule has 3 aromatic rings. The molecule has 0 unspecified atom stereocenters. The molecule has 0 bridgehead atoms. The van der Waals surface area contributed by atoms with Crippen LogP contribution >= 0.6 is 0 Å². The van der Waals surface area contributed by atoms with Crippen molar-refractivity contribution in [3.05, 3.63) is 78.6 Å². The van der Waals surface area contributed by atoms with E-state index in [0.717, 1.165) is 28.6 Å². The van der Waals surface area contributed by atoms with E-state index in [0.29, 0.717) is 22.9 Å². The van der Waals surface area contributed by atoms with Crippen molar-refractivity contribution < 1.29 is 27.1 Å². The van der Waals surface area contributed by atoms with Gasteiger partial charge >= 0.3 is 0 Å². The zero-order valence-electron chi connectivity index (χ0n) is 16.9. The molecule has 0 fully saturated rings. The van der Waals surface area contributed by atoms with Crippen LogP contribution in [0.1, 0.15) is 0 Å². The van der Waals surface area contributed by atoms with Crippen molar-refractivity contribution in [3.8, 4) is 11.5 Å². The molecule has 3 aromatic carbocycles. The van der Waals surface area contributed by atoms with E-state index in [2.05, 4.69) is 5.32 Å². The summed E-state index contributed by atoms with van der Waals surface area (Å²) in [6.45, 7) is -0.488. The molecule has 0 aromatic heterocycles. The van der Waals surface area contributed by atoms with Gasteiger partial charge in [-0.05, 0) is 48.5 Å². The lowest BCUT2D eigenvalue weighted by Crippen LogP contribution is -2.38. The molecule has 1 N–H and O–H groups in total. The highest BCUT2D eigenvalue weighted by Crippen LogP contribution is 2.30. The standard InChI is InChI=1S/C22H21FN2O5S/c1-29-20-13-10-17(14-21(20)30-2)24-22(26)15-25(18-6-4-3-5-7-18)31(27,28)19-11-8-16(23)9-12-19/h3-14H,15H2,1-2H3,(H,24,26). The minimum atomic E-state index is -4.12. The molecule has 0 saturated carbocycles. The number of halogens is 1. The first-order valence-electron chi connectivity index (χ1n) is 9.20. The predicted molar refractivity (Wildman–Crippen MR) is 116 cm³/mol. The van der Waals surface area contributed by atoms with Crippen molar-refractivity contribution in [2.45, 2.75) is 4.90 Å². The second-order valence-electron chi connectivity index (χ2n) is 6.42. The Morgan fingerprint density at radius 3 is 2.19 bits per heavy atom. The molecule has 3 rings (SSSR count). The summed E-state index contributed by atoms with van der Waals surface area (Å²) in [5.74, 6) is -0.220. The fraction of sp³-hybridized carbons (Fsp3) is 0.136. The number of amides is 1. The summed E-state index contributed by atoms with van der Waals surface area (Å²) in [7, 11) is -1.16. The molecule has 0 aliphatic carbocycles. The molecule has 0 radical (unpaired) electrons. The predicted octanol–water partition coefficient (Wildman–Crippen LogP) is 3.68. The third-order valence-corrected chi connectivity index (χ3v) is 6.19. The van der Waals surface area contributed by atoms with Gasteiger partial charge in [0.15, 0.2) is 11.5 Å². The Kier molecular flexibility index (Phi) is 6.76. The van der Waals surface area contributed by atoms with E-state index in [1.165, 1.54) is 14.2 Å². The van der Waals surface area contributed by atoms with Gasteiger partial charge in [-0.2, -0.15) is 0 Å². The van der Waals surface area contributed by atoms with Gasteiger partial charge in [-0.3, -0.25) is 9.10 Å². The average molecular weight is 444 g/mol. The SMILES string of the molecule is COc1ccc(NC(=O)CN(c2ccccc2)S(=O)(=O)c2ccc(F)cc2)cc1OC. The van der Waals surface area contributed by atoms with Crippen LogP contribution in [0.4, 0.5) is 15.8 Å². The molecule has 0 aliphatic rings. The topological polar surface area (TPSA) is 84.9 Å². The average Bonchev–Trinajstić information content (AvgIpc) is 2.78. The van der Waals surface area contributed by atoms with E-state index < -0.39 is 28.3 Å². The maximum Gasteiger partial charge on any atom is 0.264 e. The Hall–Kier alpha value is -3.59. The lowest BCUT2D eigenvalue weighted by molar-refractivity contribution is -0.114. The fourth-order valence-electron chi connectivity index (χ4n) is 2.89. The zero-order valence-corrected chi connectivity index (χ0v) is 17.7. The van der Waals surface area contributed by atoms with Gasteiger partial charge in [-0.1, -0.05) is 18.2 Å². The first kappa shape index (κ1) is 22.1. The van der Waals surface area contributed by atoms with E-state index in [1.54, 1.807) is 48.5 Å². The van der Waals surface area contributed by atoms with E-state index in [9.17, 15) is 17.6 Å². The third kappa shape index (κ3) is 5.13. The first-order valence-corrected chi connectivity index (χ1v) is 10.6. The second-order valence-corrected chi connectivity index (χ2v) is 8.28. The van der Waals surface area contributed by atoms with Crippen LogP contribution < -0.4 is 19.1 Å². The normalized spacial score (nSPS) is 10.9. The summed E-state index contributed by atoms with van der Waals surface area (Å²) in [5.41, 5.74) is 0.712. The molecule has 9 heteroatoms. The lowest BCUT2D eigenvalue weighted by atomic mass is 10.2. The summed E-state index contributed by atoms with van der Waals surface area (Å²) in [6.07, 6.45) is 0. The van der Waals surface area contributed by atoms with Crippen LogP contribution in [0, 0.1) is 5.82 Å². The van der Waals surface area contributed by atoms with Gasteiger partial charge < -0.3 is 14.8 Å². The smallest absolute Gasteiger partial charge is 0.264 e. The van der Waals surface area contributed by atoms with E-state index in [1.807, 2.05) is 0 Å². The molecule has 162 valence electrons. The quantitative estimate of drug-likeness (QED) is 0.573.